The minimum absolute atomic E-state index is 0.587. The van der Waals surface area contributed by atoms with Gasteiger partial charge in [0.1, 0.15) is 12.2 Å². The van der Waals surface area contributed by atoms with Crippen LogP contribution in [0.15, 0.2) is 15.8 Å². The zero-order valence-electron chi connectivity index (χ0n) is 13.9. The molecule has 9 heteroatoms. The zero-order chi connectivity index (χ0) is 16.5. The lowest BCUT2D eigenvalue weighted by atomic mass is 10.4. The summed E-state index contributed by atoms with van der Waals surface area (Å²) in [7, 11) is 0. The molecule has 0 aliphatic rings. The van der Waals surface area contributed by atoms with Gasteiger partial charge in [-0.25, -0.2) is 0 Å². The van der Waals surface area contributed by atoms with E-state index in [1.54, 1.807) is 13.3 Å². The highest BCUT2D eigenvalue weighted by Gasteiger charge is 2.04. The molecular weight excluding hydrogens is 296 g/mol. The van der Waals surface area contributed by atoms with Gasteiger partial charge >= 0.3 is 0 Å². The Morgan fingerprint density at radius 1 is 1.35 bits per heavy atom. The highest BCUT2D eigenvalue weighted by molar-refractivity contribution is 5.79. The molecule has 2 aromatic heterocycles. The van der Waals surface area contributed by atoms with E-state index in [1.807, 2.05) is 11.5 Å². The number of hydrogen-bond donors (Lipinski definition) is 2. The normalized spacial score (nSPS) is 11.7. The van der Waals surface area contributed by atoms with Gasteiger partial charge in [-0.2, -0.15) is 4.98 Å². The van der Waals surface area contributed by atoms with Crippen LogP contribution in [-0.2, 0) is 19.4 Å². The average molecular weight is 320 g/mol. The predicted octanol–water partition coefficient (Wildman–Crippen LogP) is 0.330. The molecule has 2 aromatic rings. The molecule has 0 radical (unpaired) electrons. The summed E-state index contributed by atoms with van der Waals surface area (Å²) in [5, 5.41) is 18.3. The Hall–Kier alpha value is -2.45. The molecular formula is C14H24N8O. The number of aromatic nitrogens is 5. The Morgan fingerprint density at radius 3 is 2.91 bits per heavy atom. The summed E-state index contributed by atoms with van der Waals surface area (Å²) in [5.41, 5.74) is 0. The van der Waals surface area contributed by atoms with Crippen LogP contribution in [0.5, 0.6) is 0 Å². The van der Waals surface area contributed by atoms with Crippen LogP contribution in [0.2, 0.25) is 0 Å². The number of rotatable bonds is 8. The van der Waals surface area contributed by atoms with E-state index in [1.165, 1.54) is 0 Å². The highest BCUT2D eigenvalue weighted by atomic mass is 16.5. The number of nitrogens with zero attached hydrogens (tertiary/aromatic N) is 6. The molecule has 0 bridgehead atoms. The van der Waals surface area contributed by atoms with Crippen molar-refractivity contribution in [3.05, 3.63) is 23.9 Å². The molecule has 0 amide bonds. The van der Waals surface area contributed by atoms with Gasteiger partial charge in [0, 0.05) is 32.5 Å². The molecule has 0 aromatic carbocycles. The first-order valence-corrected chi connectivity index (χ1v) is 7.91. The van der Waals surface area contributed by atoms with Crippen LogP contribution in [0.25, 0.3) is 0 Å². The molecule has 0 fully saturated rings. The largest absolute Gasteiger partial charge is 0.357 e. The fourth-order valence-corrected chi connectivity index (χ4v) is 2.08. The van der Waals surface area contributed by atoms with Crippen molar-refractivity contribution in [1.29, 1.82) is 0 Å². The van der Waals surface area contributed by atoms with Crippen molar-refractivity contribution >= 4 is 5.96 Å². The molecule has 126 valence electrons. The SMILES string of the molecule is CCNC(=NCCc1nc(C)no1)NCCn1cnnc1CC. The Kier molecular flexibility index (Phi) is 6.52. The van der Waals surface area contributed by atoms with E-state index in [4.69, 9.17) is 4.52 Å². The summed E-state index contributed by atoms with van der Waals surface area (Å²) in [6, 6.07) is 0. The lowest BCUT2D eigenvalue weighted by Gasteiger charge is -2.12. The molecule has 0 saturated heterocycles. The van der Waals surface area contributed by atoms with E-state index >= 15 is 0 Å². The van der Waals surface area contributed by atoms with Crippen molar-refractivity contribution in [3.8, 4) is 0 Å². The predicted molar refractivity (Wildman–Crippen MR) is 86.1 cm³/mol. The number of nitrogens with one attached hydrogen (secondary N) is 2. The van der Waals surface area contributed by atoms with Crippen molar-refractivity contribution in [2.24, 2.45) is 4.99 Å². The van der Waals surface area contributed by atoms with Crippen LogP contribution in [0, 0.1) is 6.92 Å². The summed E-state index contributed by atoms with van der Waals surface area (Å²) >= 11 is 0. The first-order valence-electron chi connectivity index (χ1n) is 7.91. The number of guanidine groups is 1. The molecule has 0 aliphatic heterocycles. The molecule has 2 rings (SSSR count). The summed E-state index contributed by atoms with van der Waals surface area (Å²) < 4.78 is 7.11. The van der Waals surface area contributed by atoms with E-state index in [0.717, 1.165) is 37.8 Å². The monoisotopic (exact) mass is 320 g/mol. The van der Waals surface area contributed by atoms with E-state index in [-0.39, 0.29) is 0 Å². The number of aliphatic imine (C=N–C) groups is 1. The smallest absolute Gasteiger partial charge is 0.228 e. The molecule has 2 heterocycles. The Morgan fingerprint density at radius 2 is 2.22 bits per heavy atom. The maximum absolute atomic E-state index is 5.07. The first-order chi connectivity index (χ1) is 11.2. The van der Waals surface area contributed by atoms with Crippen molar-refractivity contribution in [1.82, 2.24) is 35.5 Å². The zero-order valence-corrected chi connectivity index (χ0v) is 13.9. The molecule has 0 aliphatic carbocycles. The van der Waals surface area contributed by atoms with Crippen LogP contribution in [0.1, 0.15) is 31.4 Å². The molecule has 23 heavy (non-hydrogen) atoms. The van der Waals surface area contributed by atoms with Crippen LogP contribution >= 0.6 is 0 Å². The third kappa shape index (κ3) is 5.35. The third-order valence-electron chi connectivity index (χ3n) is 3.17. The van der Waals surface area contributed by atoms with E-state index in [2.05, 4.69) is 42.9 Å². The Labute approximate surface area is 135 Å². The van der Waals surface area contributed by atoms with Gasteiger partial charge in [0.15, 0.2) is 11.8 Å². The van der Waals surface area contributed by atoms with Gasteiger partial charge in [0.05, 0.1) is 6.54 Å². The number of hydrogen-bond acceptors (Lipinski definition) is 6. The fraction of sp³-hybridized carbons (Fsp3) is 0.643. The molecule has 0 saturated carbocycles. The summed E-state index contributed by atoms with van der Waals surface area (Å²) in [6.45, 7) is 8.84. The quantitative estimate of drug-likeness (QED) is 0.533. The third-order valence-corrected chi connectivity index (χ3v) is 3.17. The van der Waals surface area contributed by atoms with Crippen LogP contribution in [-0.4, -0.2) is 50.5 Å². The van der Waals surface area contributed by atoms with Crippen molar-refractivity contribution in [2.45, 2.75) is 40.2 Å². The van der Waals surface area contributed by atoms with E-state index in [9.17, 15) is 0 Å². The molecule has 9 nitrogen and oxygen atoms in total. The second-order valence-electron chi connectivity index (χ2n) is 4.97. The molecule has 0 atom stereocenters. The summed E-state index contributed by atoms with van der Waals surface area (Å²) in [4.78, 5) is 8.67. The van der Waals surface area contributed by atoms with E-state index in [0.29, 0.717) is 24.7 Å². The first kappa shape index (κ1) is 16.9. The standard InChI is InChI=1S/C14H24N8O/c1-4-12-20-18-10-22(12)9-8-17-14(15-5-2)16-7-6-13-19-11(3)21-23-13/h10H,4-9H2,1-3H3,(H2,15,16,17). The maximum atomic E-state index is 5.07. The second kappa shape index (κ2) is 8.86. The van der Waals surface area contributed by atoms with Gasteiger partial charge in [-0.05, 0) is 13.8 Å². The van der Waals surface area contributed by atoms with Crippen LogP contribution in [0.3, 0.4) is 0 Å². The Balaban J connectivity index is 1.79. The maximum Gasteiger partial charge on any atom is 0.228 e. The highest BCUT2D eigenvalue weighted by Crippen LogP contribution is 1.97. The van der Waals surface area contributed by atoms with Gasteiger partial charge in [0.25, 0.3) is 0 Å². The van der Waals surface area contributed by atoms with Gasteiger partial charge in [-0.15, -0.1) is 10.2 Å². The summed E-state index contributed by atoms with van der Waals surface area (Å²) in [5.74, 6) is 3.02. The Bertz CT molecular complexity index is 618. The van der Waals surface area contributed by atoms with E-state index < -0.39 is 0 Å². The topological polar surface area (TPSA) is 106 Å². The minimum atomic E-state index is 0.587. The molecule has 2 N–H and O–H groups in total. The van der Waals surface area contributed by atoms with Crippen molar-refractivity contribution in [2.75, 3.05) is 19.6 Å². The van der Waals surface area contributed by atoms with Crippen LogP contribution in [0.4, 0.5) is 0 Å². The van der Waals surface area contributed by atoms with Gasteiger partial charge < -0.3 is 19.7 Å². The lowest BCUT2D eigenvalue weighted by molar-refractivity contribution is 0.376. The van der Waals surface area contributed by atoms with Crippen molar-refractivity contribution < 1.29 is 4.52 Å². The minimum Gasteiger partial charge on any atom is -0.357 e. The number of aryl methyl sites for hydroxylation is 2. The van der Waals surface area contributed by atoms with Crippen molar-refractivity contribution in [3.63, 3.8) is 0 Å². The van der Waals surface area contributed by atoms with Gasteiger partial charge in [-0.3, -0.25) is 4.99 Å². The lowest BCUT2D eigenvalue weighted by Crippen LogP contribution is -2.39. The van der Waals surface area contributed by atoms with Gasteiger partial charge in [-0.1, -0.05) is 12.1 Å². The second-order valence-corrected chi connectivity index (χ2v) is 4.97. The molecule has 0 spiro atoms. The van der Waals surface area contributed by atoms with Gasteiger partial charge in [0.2, 0.25) is 5.89 Å². The fourth-order valence-electron chi connectivity index (χ4n) is 2.08. The average Bonchev–Trinajstić information content (AvgIpc) is 3.16. The summed E-state index contributed by atoms with van der Waals surface area (Å²) in [6.07, 6.45) is 3.25. The molecule has 0 unspecified atom stereocenters. The van der Waals surface area contributed by atoms with Crippen LogP contribution < -0.4 is 10.6 Å².